The van der Waals surface area contributed by atoms with Crippen molar-refractivity contribution in [1.29, 1.82) is 0 Å². The van der Waals surface area contributed by atoms with Gasteiger partial charge in [0.2, 0.25) is 0 Å². The number of hydrogen-bond donors (Lipinski definition) is 3. The molecule has 2 aromatic carbocycles. The molecular formula is C36H40FNO6S. The number of halogens is 1. The van der Waals surface area contributed by atoms with Crippen LogP contribution < -0.4 is 5.32 Å². The number of aliphatic hydroxyl groups excluding tert-OH is 2. The van der Waals surface area contributed by atoms with E-state index in [9.17, 15) is 19.8 Å². The minimum Gasteiger partial charge on any atom is -0.390 e. The molecule has 1 aliphatic heterocycles. The van der Waals surface area contributed by atoms with E-state index in [0.717, 1.165) is 27.5 Å². The first-order valence-corrected chi connectivity index (χ1v) is 16.8. The van der Waals surface area contributed by atoms with Crippen LogP contribution in [0.5, 0.6) is 0 Å². The van der Waals surface area contributed by atoms with E-state index in [1.54, 1.807) is 24.8 Å². The number of fused-ring (bicyclic) bond motifs is 7. The zero-order valence-corrected chi connectivity index (χ0v) is 26.6. The quantitative estimate of drug-likeness (QED) is 0.333. The summed E-state index contributed by atoms with van der Waals surface area (Å²) in [7, 11) is 1.90. The Morgan fingerprint density at radius 1 is 1.16 bits per heavy atom. The van der Waals surface area contributed by atoms with Crippen LogP contribution in [-0.4, -0.2) is 58.9 Å². The molecule has 0 aromatic heterocycles. The molecule has 2 aromatic rings. The normalized spacial score (nSPS) is 39.8. The minimum absolute atomic E-state index is 0.0292. The molecule has 4 fully saturated rings. The number of allylic oxidation sites excluding steroid dienone is 4. The lowest BCUT2D eigenvalue weighted by Gasteiger charge is -2.62. The summed E-state index contributed by atoms with van der Waals surface area (Å²) in [5.41, 5.74) is -2.01. The third-order valence-electron chi connectivity index (χ3n) is 11.7. The van der Waals surface area contributed by atoms with Crippen LogP contribution in [0.2, 0.25) is 0 Å². The Morgan fingerprint density at radius 2 is 1.93 bits per heavy atom. The number of thioether (sulfide) groups is 1. The summed E-state index contributed by atoms with van der Waals surface area (Å²) in [6, 6.07) is 16.2. The van der Waals surface area contributed by atoms with E-state index in [-0.39, 0.29) is 18.1 Å². The zero-order chi connectivity index (χ0) is 31.8. The highest BCUT2D eigenvalue weighted by atomic mass is 32.2. The van der Waals surface area contributed by atoms with Crippen molar-refractivity contribution in [2.45, 2.75) is 79.9 Å². The summed E-state index contributed by atoms with van der Waals surface area (Å²) in [5.74, 6) is -0.810. The second-order valence-corrected chi connectivity index (χ2v) is 14.7. The van der Waals surface area contributed by atoms with Crippen molar-refractivity contribution < 1.29 is 33.7 Å². The number of Topliss-reactive ketones (excluding diaryl/α,β-unsaturated/α-hetero) is 1. The zero-order valence-electron chi connectivity index (χ0n) is 25.8. The molecule has 238 valence electrons. The molecule has 7 nitrogen and oxygen atoms in total. The van der Waals surface area contributed by atoms with Crippen molar-refractivity contribution in [3.63, 3.8) is 0 Å². The van der Waals surface area contributed by atoms with Gasteiger partial charge in [0.1, 0.15) is 6.61 Å². The number of rotatable bonds is 7. The van der Waals surface area contributed by atoms with Gasteiger partial charge in [-0.25, -0.2) is 4.39 Å². The maximum atomic E-state index is 17.6. The van der Waals surface area contributed by atoms with Gasteiger partial charge < -0.3 is 25.0 Å². The van der Waals surface area contributed by atoms with E-state index >= 15 is 4.39 Å². The molecule has 3 saturated carbocycles. The number of carbonyl (C=O) groups is 2. The van der Waals surface area contributed by atoms with Crippen LogP contribution in [0.25, 0.3) is 0 Å². The van der Waals surface area contributed by atoms with Gasteiger partial charge in [-0.1, -0.05) is 48.9 Å². The Morgan fingerprint density at radius 3 is 2.67 bits per heavy atom. The van der Waals surface area contributed by atoms with Gasteiger partial charge in [0, 0.05) is 45.7 Å². The highest BCUT2D eigenvalue weighted by Crippen LogP contribution is 2.72. The smallest absolute Gasteiger partial charge is 0.193 e. The van der Waals surface area contributed by atoms with Crippen LogP contribution in [0.3, 0.4) is 0 Å². The number of alkyl halides is 1. The molecule has 0 bridgehead atoms. The molecule has 5 aliphatic rings. The Hall–Kier alpha value is -2.82. The van der Waals surface area contributed by atoms with E-state index in [0.29, 0.717) is 24.8 Å². The molecule has 0 radical (unpaired) electrons. The first-order valence-electron chi connectivity index (χ1n) is 15.8. The van der Waals surface area contributed by atoms with Gasteiger partial charge in [-0.15, -0.1) is 11.8 Å². The summed E-state index contributed by atoms with van der Waals surface area (Å²) >= 11 is 1.73. The monoisotopic (exact) mass is 633 g/mol. The predicted molar refractivity (Wildman–Crippen MR) is 169 cm³/mol. The molecule has 0 amide bonds. The molecule has 0 unspecified atom stereocenters. The lowest BCUT2D eigenvalue weighted by atomic mass is 9.44. The van der Waals surface area contributed by atoms with Crippen molar-refractivity contribution in [3.05, 3.63) is 83.5 Å². The van der Waals surface area contributed by atoms with E-state index in [1.807, 2.05) is 50.4 Å². The van der Waals surface area contributed by atoms with Gasteiger partial charge in [-0.3, -0.25) is 9.59 Å². The van der Waals surface area contributed by atoms with E-state index in [1.165, 1.54) is 12.2 Å². The predicted octanol–water partition coefficient (Wildman–Crippen LogP) is 5.72. The minimum atomic E-state index is -2.03. The van der Waals surface area contributed by atoms with Crippen molar-refractivity contribution >= 4 is 29.0 Å². The van der Waals surface area contributed by atoms with E-state index in [2.05, 4.69) is 17.4 Å². The van der Waals surface area contributed by atoms with Gasteiger partial charge in [0.25, 0.3) is 0 Å². The Kier molecular flexibility index (Phi) is 7.45. The number of benzene rings is 2. The number of ether oxygens (including phenoxy) is 2. The molecule has 1 heterocycles. The van der Waals surface area contributed by atoms with Crippen molar-refractivity contribution in [2.75, 3.05) is 19.0 Å². The molecule has 1 saturated heterocycles. The number of nitrogens with one attached hydrogen (secondary N) is 1. The molecule has 7 rings (SSSR count). The van der Waals surface area contributed by atoms with E-state index in [4.69, 9.17) is 9.47 Å². The van der Waals surface area contributed by atoms with Gasteiger partial charge in [-0.05, 0) is 74.4 Å². The summed E-state index contributed by atoms with van der Waals surface area (Å²) < 4.78 is 30.7. The van der Waals surface area contributed by atoms with Crippen LogP contribution in [0.15, 0.2) is 77.2 Å². The van der Waals surface area contributed by atoms with Crippen LogP contribution in [0.1, 0.15) is 56.9 Å². The molecule has 45 heavy (non-hydrogen) atoms. The summed E-state index contributed by atoms with van der Waals surface area (Å²) in [5, 5.41) is 25.1. The Labute approximate surface area is 267 Å². The maximum Gasteiger partial charge on any atom is 0.193 e. The van der Waals surface area contributed by atoms with Gasteiger partial charge in [0.05, 0.1) is 12.2 Å². The van der Waals surface area contributed by atoms with Crippen molar-refractivity contribution in [1.82, 2.24) is 0 Å². The molecule has 4 aliphatic carbocycles. The summed E-state index contributed by atoms with van der Waals surface area (Å²) in [6.07, 6.45) is 2.91. The van der Waals surface area contributed by atoms with E-state index < -0.39 is 58.9 Å². The van der Waals surface area contributed by atoms with Crippen molar-refractivity contribution in [3.8, 4) is 0 Å². The van der Waals surface area contributed by atoms with Gasteiger partial charge >= 0.3 is 0 Å². The molecule has 3 N–H and O–H groups in total. The summed E-state index contributed by atoms with van der Waals surface area (Å²) in [4.78, 5) is 27.1. The lowest BCUT2D eigenvalue weighted by Crippen LogP contribution is -2.69. The SMILES string of the molecule is CNc1cccc(SCc2ccc([C@@H]3O[C@@H]4C[C@H]5[C@@H]6CCC7=CC(=O)C=C[C@]7(C)[C@@]6(F)[C@@H](O)C[C@]5(C)[C@]4(C(=O)CO)O3)cc2)c1. The third kappa shape index (κ3) is 4.30. The number of carbonyl (C=O) groups excluding carboxylic acids is 2. The second kappa shape index (κ2) is 10.9. The Bertz CT molecular complexity index is 1590. The van der Waals surface area contributed by atoms with Crippen LogP contribution in [-0.2, 0) is 24.8 Å². The molecule has 9 atom stereocenters. The fourth-order valence-electron chi connectivity index (χ4n) is 9.40. The van der Waals surface area contributed by atoms with Gasteiger partial charge in [0.15, 0.2) is 29.1 Å². The average molecular weight is 634 g/mol. The Balaban J connectivity index is 1.15. The lowest BCUT2D eigenvalue weighted by molar-refractivity contribution is -0.231. The number of anilines is 1. The first-order chi connectivity index (χ1) is 21.5. The molecule has 0 spiro atoms. The maximum absolute atomic E-state index is 17.6. The largest absolute Gasteiger partial charge is 0.390 e. The van der Waals surface area contributed by atoms with Crippen molar-refractivity contribution in [2.24, 2.45) is 22.7 Å². The fourth-order valence-corrected chi connectivity index (χ4v) is 10.3. The summed E-state index contributed by atoms with van der Waals surface area (Å²) in [6.45, 7) is 2.93. The topological polar surface area (TPSA) is 105 Å². The average Bonchev–Trinajstić information content (AvgIpc) is 3.54. The second-order valence-electron chi connectivity index (χ2n) is 13.7. The standard InChI is InChI=1S/C36H40FNO6S/c1-33-14-13-25(40)15-23(33)11-12-27-28-17-31-36(30(42)19-39,34(28,2)18-29(41)35(27,33)37)44-32(43-31)22-9-7-21(8-10-22)20-45-26-6-4-5-24(16-26)38-3/h4-10,13-16,27-29,31-32,38-39,41H,11-12,17-20H2,1-3H3/t27-,28-,29-,31+,32+,33-,34-,35-,36+/m0/s1. The third-order valence-corrected chi connectivity index (χ3v) is 12.8. The first kappa shape index (κ1) is 30.8. The van der Waals surface area contributed by atoms with Crippen LogP contribution in [0, 0.1) is 22.7 Å². The van der Waals surface area contributed by atoms with Gasteiger partial charge in [-0.2, -0.15) is 0 Å². The highest BCUT2D eigenvalue weighted by Gasteiger charge is 2.79. The van der Waals surface area contributed by atoms with Crippen LogP contribution in [0.4, 0.5) is 10.1 Å². The number of ketones is 2. The fraction of sp³-hybridized carbons (Fsp3) is 0.500. The molecule has 9 heteroatoms. The number of aliphatic hydroxyl groups is 2. The van der Waals surface area contributed by atoms with Crippen LogP contribution >= 0.6 is 11.8 Å². The molecular weight excluding hydrogens is 593 g/mol. The highest BCUT2D eigenvalue weighted by molar-refractivity contribution is 7.98. The number of hydrogen-bond acceptors (Lipinski definition) is 8.